The lowest BCUT2D eigenvalue weighted by molar-refractivity contribution is -0.122. The molecule has 2 rings (SSSR count). The van der Waals surface area contributed by atoms with Crippen LogP contribution in [-0.4, -0.2) is 16.9 Å². The average Bonchev–Trinajstić information content (AvgIpc) is 2.35. The second-order valence-corrected chi connectivity index (χ2v) is 3.99. The van der Waals surface area contributed by atoms with Gasteiger partial charge in [0.2, 0.25) is 5.91 Å². The molecule has 0 spiro atoms. The molecular formula is C13H15N3O. The topological polar surface area (TPSA) is 68.0 Å². The number of amides is 1. The van der Waals surface area contributed by atoms with Gasteiger partial charge in [-0.3, -0.25) is 9.78 Å². The molecule has 3 N–H and O–H groups in total. The van der Waals surface area contributed by atoms with E-state index < -0.39 is 6.04 Å². The summed E-state index contributed by atoms with van der Waals surface area (Å²) >= 11 is 0. The Bertz CT molecular complexity index is 532. The van der Waals surface area contributed by atoms with E-state index >= 15 is 0 Å². The second kappa shape index (κ2) is 4.93. The molecule has 0 saturated carbocycles. The number of aromatic nitrogens is 1. The molecule has 0 fully saturated rings. The Hall–Kier alpha value is -1.94. The first kappa shape index (κ1) is 11.5. The molecule has 0 aliphatic carbocycles. The van der Waals surface area contributed by atoms with Gasteiger partial charge in [-0.05, 0) is 18.4 Å². The van der Waals surface area contributed by atoms with Gasteiger partial charge in [0.05, 0.1) is 18.3 Å². The van der Waals surface area contributed by atoms with Gasteiger partial charge >= 0.3 is 0 Å². The highest BCUT2D eigenvalue weighted by molar-refractivity contribution is 5.85. The Kier molecular flexibility index (Phi) is 3.35. The molecule has 0 bridgehead atoms. The molecule has 0 aliphatic rings. The third-order valence-electron chi connectivity index (χ3n) is 2.60. The van der Waals surface area contributed by atoms with Crippen LogP contribution >= 0.6 is 0 Å². The predicted molar refractivity (Wildman–Crippen MR) is 67.2 cm³/mol. The summed E-state index contributed by atoms with van der Waals surface area (Å²) in [6.07, 6.45) is 1.75. The molecule has 1 amide bonds. The Morgan fingerprint density at radius 1 is 1.41 bits per heavy atom. The van der Waals surface area contributed by atoms with Gasteiger partial charge in [0, 0.05) is 11.6 Å². The molecule has 1 aromatic carbocycles. The van der Waals surface area contributed by atoms with Gasteiger partial charge in [-0.2, -0.15) is 0 Å². The van der Waals surface area contributed by atoms with E-state index in [9.17, 15) is 4.79 Å². The molecule has 1 aromatic heterocycles. The van der Waals surface area contributed by atoms with Gasteiger partial charge in [0.1, 0.15) is 0 Å². The first-order valence-electron chi connectivity index (χ1n) is 5.54. The number of nitrogens with one attached hydrogen (secondary N) is 1. The van der Waals surface area contributed by atoms with Crippen LogP contribution in [0.5, 0.6) is 0 Å². The van der Waals surface area contributed by atoms with Crippen molar-refractivity contribution >= 4 is 16.7 Å². The standard InChI is InChI=1S/C13H15N3O/c1-9(14)13(17)16-8-12-11-5-3-2-4-10(11)6-7-15-12/h2-7,9H,8,14H2,1H3,(H,16,17). The normalized spacial score (nSPS) is 12.4. The fraction of sp³-hybridized carbons (Fsp3) is 0.231. The summed E-state index contributed by atoms with van der Waals surface area (Å²) in [6, 6.07) is 9.41. The number of pyridine rings is 1. The Labute approximate surface area is 99.8 Å². The zero-order chi connectivity index (χ0) is 12.3. The summed E-state index contributed by atoms with van der Waals surface area (Å²) in [5.74, 6) is -0.167. The second-order valence-electron chi connectivity index (χ2n) is 3.99. The van der Waals surface area contributed by atoms with Gasteiger partial charge in [-0.15, -0.1) is 0 Å². The van der Waals surface area contributed by atoms with Gasteiger partial charge in [0.25, 0.3) is 0 Å². The number of carbonyl (C=O) groups is 1. The van der Waals surface area contributed by atoms with E-state index in [1.807, 2.05) is 30.3 Å². The van der Waals surface area contributed by atoms with E-state index in [0.29, 0.717) is 6.54 Å². The number of carbonyl (C=O) groups excluding carboxylic acids is 1. The summed E-state index contributed by atoms with van der Waals surface area (Å²) in [5, 5.41) is 4.94. The summed E-state index contributed by atoms with van der Waals surface area (Å²) in [4.78, 5) is 15.7. The summed E-state index contributed by atoms with van der Waals surface area (Å²) in [6.45, 7) is 2.06. The highest BCUT2D eigenvalue weighted by Crippen LogP contribution is 2.15. The number of benzene rings is 1. The highest BCUT2D eigenvalue weighted by Gasteiger charge is 2.08. The SMILES string of the molecule is CC(N)C(=O)NCc1nccc2ccccc12. The minimum atomic E-state index is -0.495. The van der Waals surface area contributed by atoms with Crippen LogP contribution in [0.4, 0.5) is 0 Å². The van der Waals surface area contributed by atoms with Crippen molar-refractivity contribution < 1.29 is 4.79 Å². The molecular weight excluding hydrogens is 214 g/mol. The quantitative estimate of drug-likeness (QED) is 0.831. The molecule has 1 heterocycles. The molecule has 0 aliphatic heterocycles. The van der Waals surface area contributed by atoms with Gasteiger partial charge in [-0.1, -0.05) is 24.3 Å². The van der Waals surface area contributed by atoms with Crippen LogP contribution in [0.25, 0.3) is 10.8 Å². The Morgan fingerprint density at radius 2 is 2.18 bits per heavy atom. The van der Waals surface area contributed by atoms with E-state index in [2.05, 4.69) is 10.3 Å². The third-order valence-corrected chi connectivity index (χ3v) is 2.60. The first-order chi connectivity index (χ1) is 8.18. The number of rotatable bonds is 3. The van der Waals surface area contributed by atoms with E-state index in [1.54, 1.807) is 13.1 Å². The molecule has 0 saturated heterocycles. The summed E-state index contributed by atoms with van der Waals surface area (Å²) < 4.78 is 0. The predicted octanol–water partition coefficient (Wildman–Crippen LogP) is 1.20. The Balaban J connectivity index is 2.21. The first-order valence-corrected chi connectivity index (χ1v) is 5.54. The molecule has 1 atom stereocenters. The minimum Gasteiger partial charge on any atom is -0.349 e. The van der Waals surface area contributed by atoms with Crippen molar-refractivity contribution in [3.05, 3.63) is 42.2 Å². The van der Waals surface area contributed by atoms with Crippen LogP contribution in [0.15, 0.2) is 36.5 Å². The van der Waals surface area contributed by atoms with E-state index in [0.717, 1.165) is 16.5 Å². The fourth-order valence-electron chi connectivity index (χ4n) is 1.65. The molecule has 0 radical (unpaired) electrons. The highest BCUT2D eigenvalue weighted by atomic mass is 16.2. The summed E-state index contributed by atoms with van der Waals surface area (Å²) in [7, 11) is 0. The largest absolute Gasteiger partial charge is 0.349 e. The van der Waals surface area contributed by atoms with Crippen molar-refractivity contribution in [3.63, 3.8) is 0 Å². The van der Waals surface area contributed by atoms with Crippen molar-refractivity contribution in [2.24, 2.45) is 5.73 Å². The minimum absolute atomic E-state index is 0.167. The van der Waals surface area contributed by atoms with Crippen molar-refractivity contribution in [2.75, 3.05) is 0 Å². The molecule has 2 aromatic rings. The van der Waals surface area contributed by atoms with E-state index in [4.69, 9.17) is 5.73 Å². The lowest BCUT2D eigenvalue weighted by Gasteiger charge is -2.09. The van der Waals surface area contributed by atoms with Crippen molar-refractivity contribution in [2.45, 2.75) is 19.5 Å². The van der Waals surface area contributed by atoms with E-state index in [-0.39, 0.29) is 5.91 Å². The molecule has 17 heavy (non-hydrogen) atoms. The van der Waals surface area contributed by atoms with Gasteiger partial charge in [-0.25, -0.2) is 0 Å². The molecule has 1 unspecified atom stereocenters. The number of nitrogens with two attached hydrogens (primary N) is 1. The smallest absolute Gasteiger partial charge is 0.236 e. The maximum absolute atomic E-state index is 11.4. The van der Waals surface area contributed by atoms with Gasteiger partial charge in [0.15, 0.2) is 0 Å². The van der Waals surface area contributed by atoms with Crippen molar-refractivity contribution in [3.8, 4) is 0 Å². The Morgan fingerprint density at radius 3 is 2.94 bits per heavy atom. The van der Waals surface area contributed by atoms with Gasteiger partial charge < -0.3 is 11.1 Å². The van der Waals surface area contributed by atoms with E-state index in [1.165, 1.54) is 0 Å². The fourth-order valence-corrected chi connectivity index (χ4v) is 1.65. The van der Waals surface area contributed by atoms with Crippen LogP contribution < -0.4 is 11.1 Å². The van der Waals surface area contributed by atoms with Crippen LogP contribution in [-0.2, 0) is 11.3 Å². The van der Waals surface area contributed by atoms with Crippen LogP contribution in [0.2, 0.25) is 0 Å². The maximum Gasteiger partial charge on any atom is 0.236 e. The lowest BCUT2D eigenvalue weighted by atomic mass is 10.1. The summed E-state index contributed by atoms with van der Waals surface area (Å²) in [5.41, 5.74) is 6.34. The monoisotopic (exact) mass is 229 g/mol. The number of hydrogen-bond donors (Lipinski definition) is 2. The lowest BCUT2D eigenvalue weighted by Crippen LogP contribution is -2.38. The maximum atomic E-state index is 11.4. The zero-order valence-electron chi connectivity index (χ0n) is 9.68. The molecule has 4 nitrogen and oxygen atoms in total. The van der Waals surface area contributed by atoms with Crippen molar-refractivity contribution in [1.29, 1.82) is 0 Å². The number of nitrogens with zero attached hydrogens (tertiary/aromatic N) is 1. The van der Waals surface area contributed by atoms with Crippen LogP contribution in [0.1, 0.15) is 12.6 Å². The number of fused-ring (bicyclic) bond motifs is 1. The molecule has 88 valence electrons. The average molecular weight is 229 g/mol. The molecule has 4 heteroatoms. The third kappa shape index (κ3) is 2.60. The van der Waals surface area contributed by atoms with Crippen LogP contribution in [0.3, 0.4) is 0 Å². The number of hydrogen-bond acceptors (Lipinski definition) is 3. The van der Waals surface area contributed by atoms with Crippen LogP contribution in [0, 0.1) is 0 Å². The zero-order valence-corrected chi connectivity index (χ0v) is 9.68. The van der Waals surface area contributed by atoms with Crippen molar-refractivity contribution in [1.82, 2.24) is 10.3 Å².